The molecule has 6 heterocycles. The van der Waals surface area contributed by atoms with Crippen molar-refractivity contribution in [3.05, 3.63) is 181 Å². The van der Waals surface area contributed by atoms with Crippen LogP contribution in [-0.4, -0.2) is 29.1 Å². The van der Waals surface area contributed by atoms with Crippen molar-refractivity contribution >= 4 is 43.6 Å². The van der Waals surface area contributed by atoms with Crippen molar-refractivity contribution in [2.24, 2.45) is 0 Å². The van der Waals surface area contributed by atoms with E-state index >= 15 is 0 Å². The number of rotatable bonds is 4. The molecule has 6 aromatic heterocycles. The molecule has 0 radical (unpaired) electrons. The maximum Gasteiger partial charge on any atom is 0.0645 e. The molecule has 10 aromatic rings. The Balaban J connectivity index is 1.16. The summed E-state index contributed by atoms with van der Waals surface area (Å²) in [5.74, 6) is 0. The largest absolute Gasteiger partial charge is 0.307 e. The summed E-state index contributed by atoms with van der Waals surface area (Å²) < 4.78 is 4.90. The van der Waals surface area contributed by atoms with Gasteiger partial charge in [0.1, 0.15) is 0 Å². The topological polar surface area (TPSA) is 61.4 Å². The molecule has 6 heteroatoms. The van der Waals surface area contributed by atoms with Crippen molar-refractivity contribution in [3.63, 3.8) is 0 Å². The van der Waals surface area contributed by atoms with Crippen LogP contribution in [-0.2, 0) is 25.7 Å². The van der Waals surface area contributed by atoms with E-state index in [2.05, 4.69) is 114 Å². The number of benzene rings is 4. The summed E-state index contributed by atoms with van der Waals surface area (Å²) in [4.78, 5) is 18.0. The van der Waals surface area contributed by atoms with Gasteiger partial charge in [-0.15, -0.1) is 0 Å². The van der Waals surface area contributed by atoms with Gasteiger partial charge in [0.2, 0.25) is 0 Å². The van der Waals surface area contributed by atoms with Crippen LogP contribution in [0.2, 0.25) is 0 Å². The molecule has 6 nitrogen and oxygen atoms in total. The Morgan fingerprint density at radius 3 is 1.19 bits per heavy atom. The predicted molar refractivity (Wildman–Crippen MR) is 218 cm³/mol. The van der Waals surface area contributed by atoms with Gasteiger partial charge >= 0.3 is 0 Å². The van der Waals surface area contributed by atoms with E-state index in [4.69, 9.17) is 0 Å². The quantitative estimate of drug-likeness (QED) is 0.184. The number of hydrogen-bond donors (Lipinski definition) is 0. The van der Waals surface area contributed by atoms with Gasteiger partial charge in [-0.2, -0.15) is 0 Å². The lowest BCUT2D eigenvalue weighted by atomic mass is 9.90. The molecule has 4 aromatic carbocycles. The SMILES string of the molecule is c1cncc(-c2ccc3c4c5ccc(c4n(-c4cccnc4)c3c2)CCc2ccc(c3c2c2ccc(-c4cccnc4)cc2n3-c2cccnc2)CC5)c1. The molecule has 0 saturated carbocycles. The maximum absolute atomic E-state index is 4.59. The predicted octanol–water partition coefficient (Wildman–Crippen LogP) is 10.7. The summed E-state index contributed by atoms with van der Waals surface area (Å²) in [6.07, 6.45) is 18.8. The summed E-state index contributed by atoms with van der Waals surface area (Å²) in [7, 11) is 0. The van der Waals surface area contributed by atoms with Crippen LogP contribution in [0.25, 0.3) is 77.2 Å². The van der Waals surface area contributed by atoms with Crippen molar-refractivity contribution in [1.82, 2.24) is 29.1 Å². The zero-order chi connectivity index (χ0) is 35.6. The van der Waals surface area contributed by atoms with E-state index in [9.17, 15) is 0 Å². The lowest BCUT2D eigenvalue weighted by molar-refractivity contribution is 0.937. The molecule has 0 amide bonds. The molecule has 0 saturated heterocycles. The van der Waals surface area contributed by atoms with E-state index in [1.54, 1.807) is 0 Å². The van der Waals surface area contributed by atoms with Crippen LogP contribution in [0.3, 0.4) is 0 Å². The summed E-state index contributed by atoms with van der Waals surface area (Å²) in [6, 6.07) is 40.1. The zero-order valence-electron chi connectivity index (χ0n) is 29.5. The van der Waals surface area contributed by atoms with Gasteiger partial charge in [0.15, 0.2) is 0 Å². The molecule has 0 aliphatic heterocycles. The Bertz CT molecular complexity index is 2810. The van der Waals surface area contributed by atoms with Gasteiger partial charge in [-0.05, 0) is 108 Å². The Morgan fingerprint density at radius 2 is 0.778 bits per heavy atom. The number of fused-ring (bicyclic) bond motifs is 7. The third kappa shape index (κ3) is 4.80. The molecule has 0 spiro atoms. The van der Waals surface area contributed by atoms with Crippen LogP contribution >= 0.6 is 0 Å². The second kappa shape index (κ2) is 12.3. The molecule has 2 aliphatic rings. The lowest BCUT2D eigenvalue weighted by Crippen LogP contribution is -2.04. The van der Waals surface area contributed by atoms with Crippen LogP contribution in [0.1, 0.15) is 22.3 Å². The molecular formula is C48H34N6. The van der Waals surface area contributed by atoms with E-state index in [1.165, 1.54) is 65.9 Å². The first kappa shape index (κ1) is 30.7. The van der Waals surface area contributed by atoms with Gasteiger partial charge in [-0.1, -0.05) is 60.7 Å². The highest BCUT2D eigenvalue weighted by molar-refractivity contribution is 6.14. The van der Waals surface area contributed by atoms with E-state index < -0.39 is 0 Å². The molecule has 0 fully saturated rings. The fourth-order valence-corrected chi connectivity index (χ4v) is 8.85. The first-order chi connectivity index (χ1) is 26.8. The Hall–Kier alpha value is -6.92. The number of aryl methyl sites for hydroxylation is 4. The van der Waals surface area contributed by atoms with Gasteiger partial charge < -0.3 is 9.13 Å². The summed E-state index contributed by atoms with van der Waals surface area (Å²) in [5.41, 5.74) is 17.0. The molecule has 54 heavy (non-hydrogen) atoms. The molecule has 0 N–H and O–H groups in total. The Morgan fingerprint density at radius 1 is 0.370 bits per heavy atom. The van der Waals surface area contributed by atoms with Crippen LogP contribution in [0, 0.1) is 0 Å². The average molecular weight is 695 g/mol. The van der Waals surface area contributed by atoms with Gasteiger partial charge in [-0.25, -0.2) is 0 Å². The van der Waals surface area contributed by atoms with Crippen LogP contribution in [0.15, 0.2) is 159 Å². The first-order valence-corrected chi connectivity index (χ1v) is 18.6. The molecular weight excluding hydrogens is 661 g/mol. The molecule has 0 unspecified atom stereocenters. The summed E-state index contributed by atoms with van der Waals surface area (Å²) >= 11 is 0. The number of hydrogen-bond acceptors (Lipinski definition) is 4. The highest BCUT2D eigenvalue weighted by atomic mass is 15.0. The van der Waals surface area contributed by atoms with Gasteiger partial charge in [-0.3, -0.25) is 19.9 Å². The molecule has 12 rings (SSSR count). The van der Waals surface area contributed by atoms with Crippen molar-refractivity contribution in [1.29, 1.82) is 0 Å². The van der Waals surface area contributed by atoms with Crippen molar-refractivity contribution in [3.8, 4) is 33.6 Å². The maximum atomic E-state index is 4.59. The van der Waals surface area contributed by atoms with Gasteiger partial charge in [0, 0.05) is 69.9 Å². The van der Waals surface area contributed by atoms with Crippen LogP contribution in [0.5, 0.6) is 0 Å². The van der Waals surface area contributed by atoms with E-state index in [0.29, 0.717) is 0 Å². The van der Waals surface area contributed by atoms with E-state index in [-0.39, 0.29) is 0 Å². The fraction of sp³-hybridized carbons (Fsp3) is 0.0833. The normalized spacial score (nSPS) is 12.9. The molecule has 256 valence electrons. The third-order valence-corrected chi connectivity index (χ3v) is 11.3. The molecule has 0 atom stereocenters. The van der Waals surface area contributed by atoms with Gasteiger partial charge in [0.25, 0.3) is 0 Å². The second-order valence-electron chi connectivity index (χ2n) is 14.3. The van der Waals surface area contributed by atoms with Crippen molar-refractivity contribution in [2.45, 2.75) is 25.7 Å². The van der Waals surface area contributed by atoms with Crippen molar-refractivity contribution < 1.29 is 0 Å². The van der Waals surface area contributed by atoms with Crippen LogP contribution in [0.4, 0.5) is 0 Å². The average Bonchev–Trinajstić information content (AvgIpc) is 3.77. The number of aromatic nitrogens is 6. The van der Waals surface area contributed by atoms with E-state index in [1.807, 2.05) is 73.8 Å². The highest BCUT2D eigenvalue weighted by Gasteiger charge is 2.24. The minimum Gasteiger partial charge on any atom is -0.307 e. The zero-order valence-corrected chi connectivity index (χ0v) is 29.5. The first-order valence-electron chi connectivity index (χ1n) is 18.6. The van der Waals surface area contributed by atoms with Gasteiger partial charge in [0.05, 0.1) is 45.8 Å². The Kier molecular flexibility index (Phi) is 7.02. The third-order valence-electron chi connectivity index (χ3n) is 11.3. The lowest BCUT2D eigenvalue weighted by Gasteiger charge is -2.17. The number of nitrogens with zero attached hydrogens (tertiary/aromatic N) is 6. The summed E-state index contributed by atoms with van der Waals surface area (Å²) in [6.45, 7) is 0. The second-order valence-corrected chi connectivity index (χ2v) is 14.3. The minimum absolute atomic E-state index is 0.893. The van der Waals surface area contributed by atoms with E-state index in [0.717, 1.165) is 59.3 Å². The van der Waals surface area contributed by atoms with Crippen molar-refractivity contribution in [2.75, 3.05) is 0 Å². The Labute approximate surface area is 312 Å². The fourth-order valence-electron chi connectivity index (χ4n) is 8.85. The standard InChI is InChI=1S/C48H34N6/c1-5-37(27-49-21-1)35-17-19-41-43(25-35)53(39-7-3-23-51-29-39)47-33-13-9-31(45(41)47)11-16-34-14-10-32(12-15-33)46-42-20-18-36(38-6-2-22-50-28-38)26-44(42)54(48(34)46)40-8-4-24-52-30-40/h1-10,13-14,17-30H,11-12,15-16H2. The number of pyridine rings is 4. The van der Waals surface area contributed by atoms with Crippen LogP contribution < -0.4 is 0 Å². The molecule has 4 bridgehead atoms. The highest BCUT2D eigenvalue weighted by Crippen LogP contribution is 2.42. The minimum atomic E-state index is 0.893. The molecule has 2 aliphatic carbocycles. The summed E-state index contributed by atoms with van der Waals surface area (Å²) in [5, 5.41) is 5.21. The monoisotopic (exact) mass is 694 g/mol. The smallest absolute Gasteiger partial charge is 0.0645 e.